The summed E-state index contributed by atoms with van der Waals surface area (Å²) in [5.74, 6) is 0. The summed E-state index contributed by atoms with van der Waals surface area (Å²) in [5.41, 5.74) is 0. The Balaban J connectivity index is 0. The van der Waals surface area contributed by atoms with Gasteiger partial charge in [0.05, 0.1) is 0 Å². The van der Waals surface area contributed by atoms with Gasteiger partial charge in [-0.05, 0) is 0 Å². The second kappa shape index (κ2) is 35.1. The van der Waals surface area contributed by atoms with Crippen LogP contribution in [0.2, 0.25) is 0 Å². The number of rotatable bonds is 0. The smallest absolute Gasteiger partial charge is 0 e. The monoisotopic (exact) mass is 102 g/mol. The molecular weight excluding hydrogens is 97.9 g/mol. The third-order valence-corrected chi connectivity index (χ3v) is 0. The molecule has 26 valence electrons. The zero-order chi connectivity index (χ0) is 0. The molecule has 4 N–H and O–H groups in total. The number of hydrogen-bond donors (Lipinski definition) is 0. The molecule has 0 aliphatic carbocycles. The molecule has 0 aromatic heterocycles. The van der Waals surface area contributed by atoms with E-state index in [0.29, 0.717) is 0 Å². The van der Waals surface area contributed by atoms with E-state index >= 15 is 0 Å². The van der Waals surface area contributed by atoms with E-state index < -0.39 is 0 Å². The van der Waals surface area contributed by atoms with Crippen molar-refractivity contribution in [2.24, 2.45) is 0 Å². The first kappa shape index (κ1) is 77.6. The van der Waals surface area contributed by atoms with Crippen molar-refractivity contribution in [2.45, 2.75) is 0 Å². The molecular formula is H4CoLiO2. The zero-order valence-corrected chi connectivity index (χ0v) is 3.37. The van der Waals surface area contributed by atoms with Gasteiger partial charge in [-0.2, -0.15) is 0 Å². The molecule has 0 aliphatic rings. The molecule has 0 atom stereocenters. The summed E-state index contributed by atoms with van der Waals surface area (Å²) in [7, 11) is 0. The van der Waals surface area contributed by atoms with Crippen LogP contribution in [0.1, 0.15) is 0 Å². The van der Waals surface area contributed by atoms with E-state index in [1.165, 1.54) is 0 Å². The van der Waals surface area contributed by atoms with Crippen LogP contribution >= 0.6 is 0 Å². The molecule has 4 heavy (non-hydrogen) atoms. The van der Waals surface area contributed by atoms with Gasteiger partial charge < -0.3 is 11.0 Å². The number of hydrogen-bond acceptors (Lipinski definition) is 0. The van der Waals surface area contributed by atoms with Crippen LogP contribution in [0.25, 0.3) is 0 Å². The minimum absolute atomic E-state index is 0. The van der Waals surface area contributed by atoms with E-state index in [9.17, 15) is 0 Å². The second-order valence-electron chi connectivity index (χ2n) is 0. The van der Waals surface area contributed by atoms with Crippen molar-refractivity contribution in [2.75, 3.05) is 0 Å². The molecule has 0 saturated carbocycles. The molecule has 2 radical (unpaired) electrons. The topological polar surface area (TPSA) is 63.0 Å². The maximum absolute atomic E-state index is 0. The molecule has 0 bridgehead atoms. The van der Waals surface area contributed by atoms with Crippen LogP contribution in [-0.4, -0.2) is 29.8 Å². The predicted molar refractivity (Wildman–Crippen MR) is 13.0 cm³/mol. The first-order valence-corrected chi connectivity index (χ1v) is 0. The zero-order valence-electron chi connectivity index (χ0n) is 2.33. The predicted octanol–water partition coefficient (Wildman–Crippen LogP) is -2.03. The maximum Gasteiger partial charge on any atom is 0 e. The molecule has 0 aromatic carbocycles. The summed E-state index contributed by atoms with van der Waals surface area (Å²) < 4.78 is 0. The van der Waals surface area contributed by atoms with Gasteiger partial charge in [-0.25, -0.2) is 0 Å². The van der Waals surface area contributed by atoms with E-state index in [1.54, 1.807) is 0 Å². The van der Waals surface area contributed by atoms with Crippen LogP contribution in [-0.2, 0) is 16.8 Å². The fourth-order valence-corrected chi connectivity index (χ4v) is 0. The largest absolute Gasteiger partial charge is 0.412 e. The van der Waals surface area contributed by atoms with Crippen LogP contribution in [0, 0.1) is 0 Å². The Morgan fingerprint density at radius 1 is 0.750 bits per heavy atom. The minimum atomic E-state index is 0. The van der Waals surface area contributed by atoms with E-state index in [-0.39, 0.29) is 46.6 Å². The first-order chi connectivity index (χ1) is 0. The van der Waals surface area contributed by atoms with Gasteiger partial charge in [0.2, 0.25) is 0 Å². The van der Waals surface area contributed by atoms with Crippen molar-refractivity contribution in [1.82, 2.24) is 0 Å². The molecule has 4 heteroatoms. The van der Waals surface area contributed by atoms with Gasteiger partial charge in [0.15, 0.2) is 0 Å². The van der Waals surface area contributed by atoms with Gasteiger partial charge in [0.25, 0.3) is 0 Å². The second-order valence-corrected chi connectivity index (χ2v) is 0. The van der Waals surface area contributed by atoms with Gasteiger partial charge in [-0.15, -0.1) is 0 Å². The quantitative estimate of drug-likeness (QED) is 0.316. The Morgan fingerprint density at radius 3 is 0.750 bits per heavy atom. The molecule has 0 spiro atoms. The normalized spacial score (nSPS) is 0. The summed E-state index contributed by atoms with van der Waals surface area (Å²) in [5, 5.41) is 0. The Hall–Kier alpha value is 1.02. The summed E-state index contributed by atoms with van der Waals surface area (Å²) >= 11 is 0. The van der Waals surface area contributed by atoms with E-state index in [4.69, 9.17) is 0 Å². The first-order valence-electron chi connectivity index (χ1n) is 0. The maximum atomic E-state index is 0. The van der Waals surface area contributed by atoms with Crippen LogP contribution in [0.3, 0.4) is 0 Å². The van der Waals surface area contributed by atoms with Crippen LogP contribution in [0.15, 0.2) is 0 Å². The molecule has 0 aromatic rings. The minimum Gasteiger partial charge on any atom is -0.412 e. The molecule has 0 rings (SSSR count). The van der Waals surface area contributed by atoms with E-state index in [0.717, 1.165) is 0 Å². The van der Waals surface area contributed by atoms with Gasteiger partial charge in [0.1, 0.15) is 0 Å². The summed E-state index contributed by atoms with van der Waals surface area (Å²) in [6.45, 7) is 0. The Morgan fingerprint density at radius 2 is 0.750 bits per heavy atom. The average Bonchev–Trinajstić information content (AvgIpc) is 0. The molecule has 2 nitrogen and oxygen atoms in total. The molecule has 0 amide bonds. The Bertz CT molecular complexity index is 6.00. The molecule has 0 fully saturated rings. The van der Waals surface area contributed by atoms with Crippen LogP contribution in [0.5, 0.6) is 0 Å². The van der Waals surface area contributed by atoms with Crippen LogP contribution in [0.4, 0.5) is 0 Å². The fraction of sp³-hybridized carbons (Fsp3) is 0. The molecule has 0 unspecified atom stereocenters. The fourth-order valence-electron chi connectivity index (χ4n) is 0. The Kier molecular flexibility index (Phi) is 681. The molecule has 0 heterocycles. The van der Waals surface area contributed by atoms with Gasteiger partial charge in [-0.3, -0.25) is 0 Å². The van der Waals surface area contributed by atoms with E-state index in [2.05, 4.69) is 0 Å². The summed E-state index contributed by atoms with van der Waals surface area (Å²) in [4.78, 5) is 0. The van der Waals surface area contributed by atoms with Crippen molar-refractivity contribution in [3.8, 4) is 0 Å². The Labute approximate surface area is 46.9 Å². The third kappa shape index (κ3) is 11.8. The molecule has 0 aliphatic heterocycles. The third-order valence-electron chi connectivity index (χ3n) is 0. The van der Waals surface area contributed by atoms with Crippen molar-refractivity contribution < 1.29 is 27.7 Å². The van der Waals surface area contributed by atoms with Crippen LogP contribution < -0.4 is 0 Å². The van der Waals surface area contributed by atoms with E-state index in [1.807, 2.05) is 0 Å². The van der Waals surface area contributed by atoms with Crippen molar-refractivity contribution >= 4 is 18.9 Å². The molecule has 0 saturated heterocycles. The van der Waals surface area contributed by atoms with Crippen molar-refractivity contribution in [3.63, 3.8) is 0 Å². The van der Waals surface area contributed by atoms with Gasteiger partial charge >= 0.3 is 0 Å². The summed E-state index contributed by atoms with van der Waals surface area (Å²) in [6.07, 6.45) is 0. The summed E-state index contributed by atoms with van der Waals surface area (Å²) in [6, 6.07) is 0. The van der Waals surface area contributed by atoms with Crippen molar-refractivity contribution in [1.29, 1.82) is 0 Å². The van der Waals surface area contributed by atoms with Gasteiger partial charge in [0, 0.05) is 35.6 Å². The van der Waals surface area contributed by atoms with Gasteiger partial charge in [-0.1, -0.05) is 0 Å². The average molecular weight is 102 g/mol. The SMILES string of the molecule is O.O.[Co].[Li]. The van der Waals surface area contributed by atoms with Crippen molar-refractivity contribution in [3.05, 3.63) is 0 Å². The standard InChI is InChI=1S/Co.Li.2H2O/h;;2*1H2.